The molecule has 1 aromatic heterocycles. The highest BCUT2D eigenvalue weighted by molar-refractivity contribution is 9.10. The summed E-state index contributed by atoms with van der Waals surface area (Å²) < 4.78 is 2.75. The fourth-order valence-corrected chi connectivity index (χ4v) is 1.99. The van der Waals surface area contributed by atoms with Crippen LogP contribution in [0.1, 0.15) is 12.5 Å². The lowest BCUT2D eigenvalue weighted by atomic mass is 10.2. The standard InChI is InChI=1S/C9H11BrN2O/c10-7-1-2-9(13)12(6-7)8-3-4-11-5-8/h1-2,6,8,11H,3-5H2. The molecule has 13 heavy (non-hydrogen) atoms. The van der Waals surface area contributed by atoms with E-state index in [-0.39, 0.29) is 5.56 Å². The van der Waals surface area contributed by atoms with Gasteiger partial charge in [-0.2, -0.15) is 0 Å². The lowest BCUT2D eigenvalue weighted by molar-refractivity contribution is 0.528. The zero-order valence-electron chi connectivity index (χ0n) is 7.16. The minimum absolute atomic E-state index is 0.0805. The van der Waals surface area contributed by atoms with Crippen LogP contribution >= 0.6 is 15.9 Å². The number of aromatic nitrogens is 1. The molecule has 0 bridgehead atoms. The van der Waals surface area contributed by atoms with E-state index in [4.69, 9.17) is 0 Å². The minimum Gasteiger partial charge on any atom is -0.315 e. The van der Waals surface area contributed by atoms with Crippen LogP contribution in [0.2, 0.25) is 0 Å². The van der Waals surface area contributed by atoms with Crippen LogP contribution in [0.15, 0.2) is 27.6 Å². The van der Waals surface area contributed by atoms with Crippen LogP contribution in [0.5, 0.6) is 0 Å². The van der Waals surface area contributed by atoms with Gasteiger partial charge in [0.15, 0.2) is 0 Å². The van der Waals surface area contributed by atoms with Crippen molar-refractivity contribution in [1.29, 1.82) is 0 Å². The third-order valence-electron chi connectivity index (χ3n) is 2.33. The monoisotopic (exact) mass is 242 g/mol. The van der Waals surface area contributed by atoms with Crippen LogP contribution in [0.4, 0.5) is 0 Å². The fraction of sp³-hybridized carbons (Fsp3) is 0.444. The molecule has 3 nitrogen and oxygen atoms in total. The summed E-state index contributed by atoms with van der Waals surface area (Å²) in [6, 6.07) is 3.70. The lowest BCUT2D eigenvalue weighted by Crippen LogP contribution is -2.24. The highest BCUT2D eigenvalue weighted by atomic mass is 79.9. The average Bonchev–Trinajstić information content (AvgIpc) is 2.61. The van der Waals surface area contributed by atoms with Crippen molar-refractivity contribution in [3.05, 3.63) is 33.2 Å². The van der Waals surface area contributed by atoms with Gasteiger partial charge in [0.25, 0.3) is 5.56 Å². The summed E-state index contributed by atoms with van der Waals surface area (Å²) in [6.45, 7) is 1.90. The number of nitrogens with one attached hydrogen (secondary N) is 1. The van der Waals surface area contributed by atoms with Gasteiger partial charge in [-0.25, -0.2) is 0 Å². The Labute approximate surface area is 84.9 Å². The molecule has 1 atom stereocenters. The predicted molar refractivity (Wildman–Crippen MR) is 54.9 cm³/mol. The highest BCUT2D eigenvalue weighted by Gasteiger charge is 2.16. The molecule has 2 heterocycles. The Balaban J connectivity index is 2.37. The second-order valence-corrected chi connectivity index (χ2v) is 4.16. The minimum atomic E-state index is 0.0805. The first-order valence-electron chi connectivity index (χ1n) is 4.36. The van der Waals surface area contributed by atoms with Crippen molar-refractivity contribution in [2.75, 3.05) is 13.1 Å². The number of pyridine rings is 1. The van der Waals surface area contributed by atoms with Crippen LogP contribution in [0, 0.1) is 0 Å². The molecule has 0 aromatic carbocycles. The Bertz CT molecular complexity index is 355. The molecule has 1 aliphatic rings. The number of nitrogens with zero attached hydrogens (tertiary/aromatic N) is 1. The molecule has 0 aliphatic carbocycles. The Morgan fingerprint density at radius 3 is 3.08 bits per heavy atom. The first kappa shape index (κ1) is 8.97. The zero-order valence-corrected chi connectivity index (χ0v) is 8.75. The third-order valence-corrected chi connectivity index (χ3v) is 2.80. The van der Waals surface area contributed by atoms with E-state index < -0.39 is 0 Å². The van der Waals surface area contributed by atoms with E-state index in [1.54, 1.807) is 16.7 Å². The second-order valence-electron chi connectivity index (χ2n) is 3.24. The van der Waals surface area contributed by atoms with E-state index in [0.717, 1.165) is 24.0 Å². The van der Waals surface area contributed by atoms with Crippen LogP contribution in [-0.2, 0) is 0 Å². The molecule has 0 spiro atoms. The largest absolute Gasteiger partial charge is 0.315 e. The predicted octanol–water partition coefficient (Wildman–Crippen LogP) is 1.15. The molecule has 1 unspecified atom stereocenters. The van der Waals surface area contributed by atoms with E-state index in [1.165, 1.54) is 0 Å². The molecular weight excluding hydrogens is 232 g/mol. The summed E-state index contributed by atoms with van der Waals surface area (Å²) in [4.78, 5) is 11.5. The van der Waals surface area contributed by atoms with Gasteiger partial charge in [-0.15, -0.1) is 0 Å². The molecule has 1 saturated heterocycles. The Hall–Kier alpha value is -0.610. The molecule has 1 aliphatic heterocycles. The lowest BCUT2D eigenvalue weighted by Gasteiger charge is -2.12. The first-order valence-corrected chi connectivity index (χ1v) is 5.15. The zero-order chi connectivity index (χ0) is 9.26. The molecule has 1 aromatic rings. The fourth-order valence-electron chi connectivity index (χ4n) is 1.64. The van der Waals surface area contributed by atoms with Crippen LogP contribution in [0.25, 0.3) is 0 Å². The Morgan fingerprint density at radius 2 is 2.38 bits per heavy atom. The smallest absolute Gasteiger partial charge is 0.250 e. The van der Waals surface area contributed by atoms with Gasteiger partial charge in [-0.05, 0) is 35.0 Å². The summed E-state index contributed by atoms with van der Waals surface area (Å²) in [5, 5.41) is 3.24. The summed E-state index contributed by atoms with van der Waals surface area (Å²) in [5.74, 6) is 0. The van der Waals surface area contributed by atoms with Gasteiger partial charge in [0.05, 0.1) is 6.04 Å². The number of rotatable bonds is 1. The normalized spacial score (nSPS) is 22.1. The summed E-state index contributed by atoms with van der Waals surface area (Å²) in [6.07, 6.45) is 2.90. The maximum Gasteiger partial charge on any atom is 0.250 e. The van der Waals surface area contributed by atoms with Crippen molar-refractivity contribution in [3.63, 3.8) is 0 Å². The maximum absolute atomic E-state index is 11.5. The maximum atomic E-state index is 11.5. The van der Waals surface area contributed by atoms with Gasteiger partial charge >= 0.3 is 0 Å². The average molecular weight is 243 g/mol. The molecule has 0 radical (unpaired) electrons. The SMILES string of the molecule is O=c1ccc(Br)cn1C1CCNC1. The molecule has 0 amide bonds. The van der Waals surface area contributed by atoms with Crippen molar-refractivity contribution in [2.24, 2.45) is 0 Å². The number of hydrogen-bond donors (Lipinski definition) is 1. The first-order chi connectivity index (χ1) is 6.27. The molecule has 4 heteroatoms. The molecular formula is C9H11BrN2O. The Morgan fingerprint density at radius 1 is 1.54 bits per heavy atom. The van der Waals surface area contributed by atoms with E-state index in [0.29, 0.717) is 6.04 Å². The van der Waals surface area contributed by atoms with Gasteiger partial charge in [0, 0.05) is 23.3 Å². The Kier molecular flexibility index (Phi) is 2.51. The second kappa shape index (κ2) is 3.64. The van der Waals surface area contributed by atoms with Crippen molar-refractivity contribution >= 4 is 15.9 Å². The summed E-state index contributed by atoms with van der Waals surface area (Å²) in [5.41, 5.74) is 0.0805. The van der Waals surface area contributed by atoms with Crippen molar-refractivity contribution in [1.82, 2.24) is 9.88 Å². The van der Waals surface area contributed by atoms with E-state index in [1.807, 2.05) is 6.20 Å². The molecule has 0 saturated carbocycles. The molecule has 70 valence electrons. The van der Waals surface area contributed by atoms with E-state index in [9.17, 15) is 4.79 Å². The molecule has 1 fully saturated rings. The van der Waals surface area contributed by atoms with Crippen LogP contribution < -0.4 is 10.9 Å². The summed E-state index contributed by atoms with van der Waals surface area (Å²) in [7, 11) is 0. The topological polar surface area (TPSA) is 34.0 Å². The van der Waals surface area contributed by atoms with Crippen LogP contribution in [0.3, 0.4) is 0 Å². The van der Waals surface area contributed by atoms with Crippen molar-refractivity contribution in [2.45, 2.75) is 12.5 Å². The van der Waals surface area contributed by atoms with Crippen LogP contribution in [-0.4, -0.2) is 17.7 Å². The third kappa shape index (κ3) is 1.84. The van der Waals surface area contributed by atoms with Gasteiger partial charge in [-0.3, -0.25) is 4.79 Å². The van der Waals surface area contributed by atoms with Gasteiger partial charge in [0.2, 0.25) is 0 Å². The quantitative estimate of drug-likeness (QED) is 0.802. The highest BCUT2D eigenvalue weighted by Crippen LogP contribution is 2.14. The van der Waals surface area contributed by atoms with Crippen molar-refractivity contribution < 1.29 is 0 Å². The van der Waals surface area contributed by atoms with Gasteiger partial charge in [-0.1, -0.05) is 0 Å². The molecule has 1 N–H and O–H groups in total. The summed E-state index contributed by atoms with van der Waals surface area (Å²) >= 11 is 3.36. The van der Waals surface area contributed by atoms with Crippen molar-refractivity contribution in [3.8, 4) is 0 Å². The molecule has 2 rings (SSSR count). The number of hydrogen-bond acceptors (Lipinski definition) is 2. The number of halogens is 1. The van der Waals surface area contributed by atoms with E-state index in [2.05, 4.69) is 21.2 Å². The van der Waals surface area contributed by atoms with E-state index >= 15 is 0 Å². The van der Waals surface area contributed by atoms with Gasteiger partial charge < -0.3 is 9.88 Å². The van der Waals surface area contributed by atoms with Gasteiger partial charge in [0.1, 0.15) is 0 Å².